The summed E-state index contributed by atoms with van der Waals surface area (Å²) in [5, 5.41) is 14.2. The Hall–Kier alpha value is -2.90. The number of amides is 1. The number of aryl methyl sites for hydroxylation is 1. The summed E-state index contributed by atoms with van der Waals surface area (Å²) in [6, 6.07) is 9.21. The van der Waals surface area contributed by atoms with Crippen molar-refractivity contribution >= 4 is 23.5 Å². The van der Waals surface area contributed by atoms with Crippen LogP contribution in [0.4, 0.5) is 5.95 Å². The van der Waals surface area contributed by atoms with E-state index >= 15 is 0 Å². The summed E-state index contributed by atoms with van der Waals surface area (Å²) in [7, 11) is 0. The molecule has 0 radical (unpaired) electrons. The van der Waals surface area contributed by atoms with Gasteiger partial charge < -0.3 is 19.9 Å². The second-order valence-corrected chi connectivity index (χ2v) is 9.70. The zero-order valence-corrected chi connectivity index (χ0v) is 20.1. The van der Waals surface area contributed by atoms with Gasteiger partial charge in [-0.15, -0.1) is 0 Å². The molecule has 1 aromatic carbocycles. The van der Waals surface area contributed by atoms with Gasteiger partial charge in [-0.2, -0.15) is 0 Å². The highest BCUT2D eigenvalue weighted by atomic mass is 35.5. The number of hydrogen-bond acceptors (Lipinski definition) is 5. The minimum Gasteiger partial charge on any atom is -0.394 e. The number of rotatable bonds is 6. The third kappa shape index (κ3) is 4.55. The fourth-order valence-corrected chi connectivity index (χ4v) is 5.30. The van der Waals surface area contributed by atoms with Crippen LogP contribution < -0.4 is 5.32 Å². The first-order chi connectivity index (χ1) is 16.5. The first-order valence-corrected chi connectivity index (χ1v) is 12.4. The topological polar surface area (TPSA) is 83.3 Å². The van der Waals surface area contributed by atoms with Gasteiger partial charge in [-0.25, -0.2) is 9.97 Å². The zero-order chi connectivity index (χ0) is 23.7. The van der Waals surface area contributed by atoms with Gasteiger partial charge >= 0.3 is 0 Å². The van der Waals surface area contributed by atoms with E-state index in [0.717, 1.165) is 35.2 Å². The molecule has 1 aliphatic heterocycles. The molecule has 0 spiro atoms. The molecule has 1 atom stereocenters. The van der Waals surface area contributed by atoms with Crippen molar-refractivity contribution in [2.24, 2.45) is 0 Å². The van der Waals surface area contributed by atoms with Crippen molar-refractivity contribution in [3.8, 4) is 11.3 Å². The second kappa shape index (κ2) is 9.76. The number of hydrogen-bond donors (Lipinski definition) is 2. The molecule has 5 rings (SSSR count). The number of carbonyl (C=O) groups is 1. The van der Waals surface area contributed by atoms with E-state index in [1.54, 1.807) is 17.0 Å². The van der Waals surface area contributed by atoms with E-state index in [0.29, 0.717) is 35.8 Å². The van der Waals surface area contributed by atoms with E-state index in [4.69, 9.17) is 16.6 Å². The van der Waals surface area contributed by atoms with Gasteiger partial charge in [0.15, 0.2) is 0 Å². The molecule has 1 amide bonds. The van der Waals surface area contributed by atoms with Gasteiger partial charge in [0.2, 0.25) is 5.95 Å². The third-order valence-corrected chi connectivity index (χ3v) is 7.16. The van der Waals surface area contributed by atoms with Gasteiger partial charge in [0.05, 0.1) is 18.3 Å². The molecule has 3 heterocycles. The summed E-state index contributed by atoms with van der Waals surface area (Å²) >= 11 is 6.16. The van der Waals surface area contributed by atoms with Crippen LogP contribution in [0.2, 0.25) is 5.02 Å². The molecule has 3 aromatic rings. The van der Waals surface area contributed by atoms with E-state index < -0.39 is 6.04 Å². The number of carbonyl (C=O) groups excluding carboxylic acids is 1. The monoisotopic (exact) mass is 479 g/mol. The Morgan fingerprint density at radius 3 is 2.79 bits per heavy atom. The summed E-state index contributed by atoms with van der Waals surface area (Å²) < 4.78 is 1.98. The summed E-state index contributed by atoms with van der Waals surface area (Å²) in [5.41, 5.74) is 4.13. The molecule has 1 aliphatic carbocycles. The van der Waals surface area contributed by atoms with E-state index in [2.05, 4.69) is 10.3 Å². The lowest BCUT2D eigenvalue weighted by atomic mass is 9.96. The fourth-order valence-electron chi connectivity index (χ4n) is 5.10. The molecule has 1 fully saturated rings. The van der Waals surface area contributed by atoms with Gasteiger partial charge in [0.25, 0.3) is 5.91 Å². The Morgan fingerprint density at radius 2 is 2.03 bits per heavy atom. The van der Waals surface area contributed by atoms with Gasteiger partial charge in [0.1, 0.15) is 5.69 Å². The highest BCUT2D eigenvalue weighted by Crippen LogP contribution is 2.31. The number of anilines is 1. The largest absolute Gasteiger partial charge is 0.394 e. The summed E-state index contributed by atoms with van der Waals surface area (Å²) in [6.45, 7) is 2.98. The van der Waals surface area contributed by atoms with Crippen molar-refractivity contribution in [2.45, 2.75) is 57.7 Å². The van der Waals surface area contributed by atoms with Crippen LogP contribution >= 0.6 is 11.6 Å². The predicted octanol–water partition coefficient (Wildman–Crippen LogP) is 4.84. The zero-order valence-electron chi connectivity index (χ0n) is 19.4. The van der Waals surface area contributed by atoms with E-state index in [1.807, 2.05) is 42.1 Å². The number of nitrogens with zero attached hydrogens (tertiary/aromatic N) is 4. The number of aromatic nitrogens is 3. The maximum atomic E-state index is 13.5. The second-order valence-electron chi connectivity index (χ2n) is 9.26. The maximum absolute atomic E-state index is 13.5. The van der Waals surface area contributed by atoms with Crippen LogP contribution in [0.1, 0.15) is 59.8 Å². The van der Waals surface area contributed by atoms with E-state index in [1.165, 1.54) is 19.3 Å². The van der Waals surface area contributed by atoms with Gasteiger partial charge in [-0.3, -0.25) is 4.79 Å². The van der Waals surface area contributed by atoms with Crippen molar-refractivity contribution in [2.75, 3.05) is 18.5 Å². The Bertz CT molecular complexity index is 1190. The van der Waals surface area contributed by atoms with Crippen molar-refractivity contribution in [1.82, 2.24) is 19.4 Å². The third-order valence-electron chi connectivity index (χ3n) is 6.92. The number of aliphatic hydroxyl groups is 1. The van der Waals surface area contributed by atoms with Crippen molar-refractivity contribution < 1.29 is 9.90 Å². The number of benzene rings is 1. The van der Waals surface area contributed by atoms with E-state index in [9.17, 15) is 9.90 Å². The minimum atomic E-state index is -0.439. The quantitative estimate of drug-likeness (QED) is 0.528. The molecule has 0 bridgehead atoms. The summed E-state index contributed by atoms with van der Waals surface area (Å²) in [6.07, 6.45) is 9.92. The molecule has 0 saturated heterocycles. The summed E-state index contributed by atoms with van der Waals surface area (Å²) in [5.74, 6) is 0.537. The van der Waals surface area contributed by atoms with Crippen LogP contribution in [0.3, 0.4) is 0 Å². The molecule has 1 unspecified atom stereocenters. The van der Waals surface area contributed by atoms with Gasteiger partial charge in [-0.1, -0.05) is 43.0 Å². The Morgan fingerprint density at radius 1 is 1.21 bits per heavy atom. The molecular weight excluding hydrogens is 450 g/mol. The number of nitrogens with one attached hydrogen (secondary N) is 1. The van der Waals surface area contributed by atoms with E-state index in [-0.39, 0.29) is 12.5 Å². The molecule has 1 saturated carbocycles. The lowest BCUT2D eigenvalue weighted by Gasteiger charge is -2.34. The normalized spacial score (nSPS) is 17.5. The highest BCUT2D eigenvalue weighted by Gasteiger charge is 2.32. The van der Waals surface area contributed by atoms with Crippen LogP contribution in [0.15, 0.2) is 42.7 Å². The SMILES string of the molecule is Cc1cnc(NC2CCCCC2)nc1-c1cc2n(c1)CCN(C(CO)c1cccc(Cl)c1)C2=O. The molecule has 8 heteroatoms. The number of halogens is 1. The Labute approximate surface area is 204 Å². The number of fused-ring (bicyclic) bond motifs is 1. The van der Waals surface area contributed by atoms with Gasteiger partial charge in [0, 0.05) is 42.1 Å². The fraction of sp³-hybridized carbons (Fsp3) is 0.423. The summed E-state index contributed by atoms with van der Waals surface area (Å²) in [4.78, 5) is 24.5. The molecule has 2 N–H and O–H groups in total. The first kappa shape index (κ1) is 22.9. The lowest BCUT2D eigenvalue weighted by molar-refractivity contribution is 0.0526. The highest BCUT2D eigenvalue weighted by molar-refractivity contribution is 6.30. The first-order valence-electron chi connectivity index (χ1n) is 12.0. The Kier molecular flexibility index (Phi) is 6.57. The van der Waals surface area contributed by atoms with Crippen LogP contribution in [0, 0.1) is 6.92 Å². The average Bonchev–Trinajstić information content (AvgIpc) is 3.28. The van der Waals surface area contributed by atoms with Crippen molar-refractivity contribution in [3.63, 3.8) is 0 Å². The smallest absolute Gasteiger partial charge is 0.271 e. The average molecular weight is 480 g/mol. The van der Waals surface area contributed by atoms with Crippen LogP contribution in [0.25, 0.3) is 11.3 Å². The van der Waals surface area contributed by atoms with Crippen LogP contribution in [-0.2, 0) is 6.54 Å². The minimum absolute atomic E-state index is 0.108. The molecule has 2 aromatic heterocycles. The van der Waals surface area contributed by atoms with Crippen molar-refractivity contribution in [1.29, 1.82) is 0 Å². The molecule has 34 heavy (non-hydrogen) atoms. The van der Waals surface area contributed by atoms with Gasteiger partial charge in [-0.05, 0) is 49.1 Å². The molecular formula is C26H30ClN5O2. The van der Waals surface area contributed by atoms with Crippen molar-refractivity contribution in [3.05, 3.63) is 64.6 Å². The molecule has 2 aliphatic rings. The van der Waals surface area contributed by atoms with Crippen LogP contribution in [0.5, 0.6) is 0 Å². The maximum Gasteiger partial charge on any atom is 0.271 e. The molecule has 7 nitrogen and oxygen atoms in total. The number of aliphatic hydroxyl groups excluding tert-OH is 1. The standard InChI is InChI=1S/C26H30ClN5O2/c1-17-14-28-26(29-21-8-3-2-4-9-21)30-24(17)19-13-22-25(34)32(11-10-31(22)15-19)23(16-33)18-6-5-7-20(27)12-18/h5-7,12-15,21,23,33H,2-4,8-11,16H2,1H3,(H,28,29,30). The molecule has 178 valence electrons. The predicted molar refractivity (Wildman–Crippen MR) is 133 cm³/mol. The lowest BCUT2D eigenvalue weighted by Crippen LogP contribution is -2.43. The Balaban J connectivity index is 1.41. The van der Waals surface area contributed by atoms with Crippen LogP contribution in [-0.4, -0.2) is 49.6 Å².